The Morgan fingerprint density at radius 1 is 0.957 bits per heavy atom. The van der Waals surface area contributed by atoms with Crippen LogP contribution in [-0.2, 0) is 27.9 Å². The van der Waals surface area contributed by atoms with Gasteiger partial charge in [0.15, 0.2) is 4.90 Å². The normalized spacial score (nSPS) is 12.2. The van der Waals surface area contributed by atoms with Crippen LogP contribution in [0.5, 0.6) is 11.5 Å². The van der Waals surface area contributed by atoms with E-state index >= 15 is 0 Å². The van der Waals surface area contributed by atoms with Gasteiger partial charge in [-0.3, -0.25) is 8.75 Å². The molecule has 0 saturated carbocycles. The summed E-state index contributed by atoms with van der Waals surface area (Å²) in [5, 5.41) is 0.130. The molecule has 1 rings (SSSR count). The first-order valence-electron chi connectivity index (χ1n) is 6.75. The summed E-state index contributed by atoms with van der Waals surface area (Å²) in [4.78, 5) is -0.298. The van der Waals surface area contributed by atoms with Gasteiger partial charge in [-0.15, -0.1) is 0 Å². The molecule has 0 aliphatic carbocycles. The van der Waals surface area contributed by atoms with Crippen LogP contribution in [0.1, 0.15) is 13.8 Å². The molecule has 0 aliphatic rings. The van der Waals surface area contributed by atoms with Crippen molar-refractivity contribution in [1.29, 1.82) is 0 Å². The second-order valence-corrected chi connectivity index (χ2v) is 7.81. The van der Waals surface area contributed by atoms with E-state index in [4.69, 9.17) is 18.5 Å². The van der Waals surface area contributed by atoms with E-state index in [0.29, 0.717) is 0 Å². The standard InChI is InChI=1S/C13H21O8PS/c1-6-20-22(14,21-7-2)10-8-11(17-3)13(12(9-10)18-4)23(15,16)19-5/h8-9H,6-7H2,1-5H3. The summed E-state index contributed by atoms with van der Waals surface area (Å²) in [6.45, 7) is 3.65. The number of rotatable bonds is 9. The van der Waals surface area contributed by atoms with Crippen LogP contribution in [0, 0.1) is 0 Å². The number of hydrogen-bond acceptors (Lipinski definition) is 8. The maximum absolute atomic E-state index is 12.8. The molecule has 8 nitrogen and oxygen atoms in total. The Balaban J connectivity index is 3.65. The third-order valence-electron chi connectivity index (χ3n) is 2.83. The summed E-state index contributed by atoms with van der Waals surface area (Å²) in [6.07, 6.45) is 0. The molecule has 0 saturated heterocycles. The number of methoxy groups -OCH3 is 2. The van der Waals surface area contributed by atoms with Crippen LogP contribution < -0.4 is 14.8 Å². The molecule has 0 amide bonds. The Morgan fingerprint density at radius 3 is 1.70 bits per heavy atom. The molecule has 1 aromatic rings. The molecule has 0 atom stereocenters. The Labute approximate surface area is 136 Å². The molecule has 1 aromatic carbocycles. The third-order valence-corrected chi connectivity index (χ3v) is 6.26. The van der Waals surface area contributed by atoms with E-state index in [1.807, 2.05) is 0 Å². The lowest BCUT2D eigenvalue weighted by Gasteiger charge is -2.20. The maximum atomic E-state index is 12.8. The Morgan fingerprint density at radius 2 is 1.39 bits per heavy atom. The largest absolute Gasteiger partial charge is 0.495 e. The van der Waals surface area contributed by atoms with E-state index < -0.39 is 17.7 Å². The number of benzene rings is 1. The van der Waals surface area contributed by atoms with Gasteiger partial charge in [0, 0.05) is 0 Å². The van der Waals surface area contributed by atoms with Gasteiger partial charge in [0.05, 0.1) is 39.8 Å². The fourth-order valence-corrected chi connectivity index (χ4v) is 4.43. The molecule has 0 radical (unpaired) electrons. The highest BCUT2D eigenvalue weighted by Crippen LogP contribution is 2.49. The van der Waals surface area contributed by atoms with Crippen molar-refractivity contribution in [2.24, 2.45) is 0 Å². The molecular weight excluding hydrogens is 347 g/mol. The van der Waals surface area contributed by atoms with Gasteiger partial charge in [-0.05, 0) is 26.0 Å². The fourth-order valence-electron chi connectivity index (χ4n) is 1.88. The monoisotopic (exact) mass is 368 g/mol. The lowest BCUT2D eigenvalue weighted by Crippen LogP contribution is -2.15. The van der Waals surface area contributed by atoms with Gasteiger partial charge in [0.25, 0.3) is 0 Å². The molecule has 23 heavy (non-hydrogen) atoms. The Hall–Kier alpha value is -1.12. The molecule has 0 aliphatic heterocycles. The average molecular weight is 368 g/mol. The van der Waals surface area contributed by atoms with Crippen LogP contribution in [0.4, 0.5) is 0 Å². The SMILES string of the molecule is CCOP(=O)(OCC)c1cc(OC)c(S(=O)(=O)OC)c(OC)c1. The molecule has 0 spiro atoms. The van der Waals surface area contributed by atoms with Crippen molar-refractivity contribution >= 4 is 23.0 Å². The van der Waals surface area contributed by atoms with Gasteiger partial charge in [-0.2, -0.15) is 8.42 Å². The minimum absolute atomic E-state index is 0.0826. The van der Waals surface area contributed by atoms with E-state index in [1.54, 1.807) is 13.8 Å². The molecule has 132 valence electrons. The van der Waals surface area contributed by atoms with Crippen molar-refractivity contribution in [1.82, 2.24) is 0 Å². The van der Waals surface area contributed by atoms with Crippen molar-refractivity contribution in [2.45, 2.75) is 18.7 Å². The van der Waals surface area contributed by atoms with Crippen molar-refractivity contribution < 1.29 is 35.7 Å². The van der Waals surface area contributed by atoms with Gasteiger partial charge in [0.1, 0.15) is 11.5 Å². The zero-order valence-corrected chi connectivity index (χ0v) is 15.4. The zero-order valence-electron chi connectivity index (χ0n) is 13.7. The predicted molar refractivity (Wildman–Crippen MR) is 84.2 cm³/mol. The Bertz CT molecular complexity index is 650. The lowest BCUT2D eigenvalue weighted by molar-refractivity contribution is 0.229. The van der Waals surface area contributed by atoms with E-state index in [0.717, 1.165) is 7.11 Å². The molecule has 0 bridgehead atoms. The molecular formula is C13H21O8PS. The zero-order chi connectivity index (χ0) is 17.7. The van der Waals surface area contributed by atoms with Crippen molar-refractivity contribution in [3.8, 4) is 11.5 Å². The van der Waals surface area contributed by atoms with Crippen LogP contribution in [0.25, 0.3) is 0 Å². The summed E-state index contributed by atoms with van der Waals surface area (Å²) >= 11 is 0. The summed E-state index contributed by atoms with van der Waals surface area (Å²) in [7, 11) is -4.14. The highest BCUT2D eigenvalue weighted by Gasteiger charge is 2.33. The molecule has 10 heteroatoms. The predicted octanol–water partition coefficient (Wildman–Crippen LogP) is 1.93. The highest BCUT2D eigenvalue weighted by atomic mass is 32.2. The summed E-state index contributed by atoms with van der Waals surface area (Å²) < 4.78 is 62.2. The molecule has 0 unspecified atom stereocenters. The third kappa shape index (κ3) is 4.24. The average Bonchev–Trinajstić information content (AvgIpc) is 2.53. The fraction of sp³-hybridized carbons (Fsp3) is 0.538. The first kappa shape index (κ1) is 19.9. The van der Waals surface area contributed by atoms with Crippen molar-refractivity contribution in [3.05, 3.63) is 12.1 Å². The van der Waals surface area contributed by atoms with E-state index in [9.17, 15) is 13.0 Å². The van der Waals surface area contributed by atoms with E-state index in [2.05, 4.69) is 4.18 Å². The van der Waals surface area contributed by atoms with Crippen LogP contribution >= 0.6 is 7.60 Å². The minimum Gasteiger partial charge on any atom is -0.495 e. The second-order valence-electron chi connectivity index (χ2n) is 4.13. The van der Waals surface area contributed by atoms with Gasteiger partial charge in [0.2, 0.25) is 0 Å². The molecule has 0 fully saturated rings. The summed E-state index contributed by atoms with van der Waals surface area (Å²) in [5.74, 6) is -0.165. The maximum Gasteiger partial charge on any atom is 0.361 e. The smallest absolute Gasteiger partial charge is 0.361 e. The molecule has 0 aromatic heterocycles. The van der Waals surface area contributed by atoms with E-state index in [-0.39, 0.29) is 34.9 Å². The van der Waals surface area contributed by atoms with Crippen LogP contribution in [0.3, 0.4) is 0 Å². The Kier molecular flexibility index (Phi) is 7.03. The number of ether oxygens (including phenoxy) is 2. The number of hydrogen-bond donors (Lipinski definition) is 0. The van der Waals surface area contributed by atoms with Gasteiger partial charge < -0.3 is 18.5 Å². The highest BCUT2D eigenvalue weighted by molar-refractivity contribution is 7.87. The van der Waals surface area contributed by atoms with E-state index in [1.165, 1.54) is 26.4 Å². The molecule has 0 heterocycles. The van der Waals surface area contributed by atoms with Crippen LogP contribution in [0.2, 0.25) is 0 Å². The van der Waals surface area contributed by atoms with Gasteiger partial charge >= 0.3 is 17.7 Å². The first-order chi connectivity index (χ1) is 10.8. The summed E-state index contributed by atoms with van der Waals surface area (Å²) in [5.41, 5.74) is 0. The minimum atomic E-state index is -4.09. The van der Waals surface area contributed by atoms with Gasteiger partial charge in [-0.25, -0.2) is 0 Å². The van der Waals surface area contributed by atoms with Crippen molar-refractivity contribution in [3.63, 3.8) is 0 Å². The topological polar surface area (TPSA) is 97.4 Å². The van der Waals surface area contributed by atoms with Gasteiger partial charge in [-0.1, -0.05) is 0 Å². The van der Waals surface area contributed by atoms with Crippen molar-refractivity contribution in [2.75, 3.05) is 34.5 Å². The van der Waals surface area contributed by atoms with Crippen LogP contribution in [-0.4, -0.2) is 43.0 Å². The quantitative estimate of drug-likeness (QED) is 0.482. The second kappa shape index (κ2) is 8.12. The first-order valence-corrected chi connectivity index (χ1v) is 9.71. The van der Waals surface area contributed by atoms with Crippen LogP contribution in [0.15, 0.2) is 17.0 Å². The lowest BCUT2D eigenvalue weighted by atomic mass is 10.3. The summed E-state index contributed by atoms with van der Waals surface area (Å²) in [6, 6.07) is 2.56. The molecule has 0 N–H and O–H groups in total.